The van der Waals surface area contributed by atoms with Crippen LogP contribution in [0.1, 0.15) is 6.42 Å². The van der Waals surface area contributed by atoms with Gasteiger partial charge in [-0.3, -0.25) is 0 Å². The van der Waals surface area contributed by atoms with Crippen molar-refractivity contribution >= 4 is 29.1 Å². The highest BCUT2D eigenvalue weighted by Gasteiger charge is 2.12. The van der Waals surface area contributed by atoms with Gasteiger partial charge in [0.25, 0.3) is 0 Å². The molecule has 2 aromatic rings. The van der Waals surface area contributed by atoms with Crippen molar-refractivity contribution in [1.29, 1.82) is 0 Å². The molecule has 0 aliphatic carbocycles. The molecular formula is C12H17N5O2S. The molecular weight excluding hydrogens is 278 g/mol. The summed E-state index contributed by atoms with van der Waals surface area (Å²) >= 11 is 1.58. The average molecular weight is 295 g/mol. The molecule has 0 radical (unpaired) electrons. The molecule has 0 spiro atoms. The van der Waals surface area contributed by atoms with Gasteiger partial charge in [0.2, 0.25) is 0 Å². The van der Waals surface area contributed by atoms with Gasteiger partial charge in [-0.1, -0.05) is 0 Å². The Balaban J connectivity index is 2.10. The molecule has 7 nitrogen and oxygen atoms in total. The van der Waals surface area contributed by atoms with Crippen LogP contribution in [-0.2, 0) is 0 Å². The van der Waals surface area contributed by atoms with Gasteiger partial charge in [-0.05, 0) is 18.7 Å². The Morgan fingerprint density at radius 2 is 2.40 bits per heavy atom. The van der Waals surface area contributed by atoms with Crippen molar-refractivity contribution in [3.63, 3.8) is 0 Å². The molecule has 0 saturated heterocycles. The standard InChI is InChI=1S/C12H17N5O2S/c1-16(6-3-5-13-12(18)19)9-4-7-17-10(9)11(20-2)14-8-15-17/h4,7-8,13H,3,5-6H2,1-2H3,(H,18,19). The fourth-order valence-electron chi connectivity index (χ4n) is 2.00. The number of amides is 1. The third kappa shape index (κ3) is 3.13. The summed E-state index contributed by atoms with van der Waals surface area (Å²) in [6.45, 7) is 1.19. The fraction of sp³-hybridized carbons (Fsp3) is 0.417. The molecule has 108 valence electrons. The Bertz CT molecular complexity index is 601. The predicted octanol–water partition coefficient (Wildman–Crippen LogP) is 1.55. The molecule has 2 heterocycles. The zero-order valence-electron chi connectivity index (χ0n) is 11.4. The van der Waals surface area contributed by atoms with E-state index in [1.165, 1.54) is 0 Å². The Morgan fingerprint density at radius 1 is 1.60 bits per heavy atom. The van der Waals surface area contributed by atoms with E-state index in [1.54, 1.807) is 22.6 Å². The van der Waals surface area contributed by atoms with E-state index in [2.05, 4.69) is 20.3 Å². The average Bonchev–Trinajstić information content (AvgIpc) is 2.87. The van der Waals surface area contributed by atoms with Gasteiger partial charge in [-0.2, -0.15) is 5.10 Å². The molecule has 1 amide bonds. The van der Waals surface area contributed by atoms with E-state index in [9.17, 15) is 4.79 Å². The van der Waals surface area contributed by atoms with Crippen molar-refractivity contribution in [2.24, 2.45) is 0 Å². The van der Waals surface area contributed by atoms with Crippen LogP contribution in [-0.4, -0.2) is 52.2 Å². The maximum absolute atomic E-state index is 10.4. The number of anilines is 1. The maximum Gasteiger partial charge on any atom is 0.404 e. The molecule has 0 atom stereocenters. The Labute approximate surface area is 121 Å². The predicted molar refractivity (Wildman–Crippen MR) is 78.7 cm³/mol. The summed E-state index contributed by atoms with van der Waals surface area (Å²) < 4.78 is 1.81. The third-order valence-electron chi connectivity index (χ3n) is 2.95. The van der Waals surface area contributed by atoms with Gasteiger partial charge < -0.3 is 15.3 Å². The van der Waals surface area contributed by atoms with Crippen molar-refractivity contribution in [1.82, 2.24) is 19.9 Å². The third-order valence-corrected chi connectivity index (χ3v) is 3.64. The largest absolute Gasteiger partial charge is 0.465 e. The molecule has 2 N–H and O–H groups in total. The van der Waals surface area contributed by atoms with Gasteiger partial charge >= 0.3 is 6.09 Å². The zero-order chi connectivity index (χ0) is 14.5. The molecule has 20 heavy (non-hydrogen) atoms. The van der Waals surface area contributed by atoms with Crippen molar-refractivity contribution in [3.05, 3.63) is 18.6 Å². The minimum absolute atomic E-state index is 0.442. The summed E-state index contributed by atoms with van der Waals surface area (Å²) in [5.74, 6) is 0. The van der Waals surface area contributed by atoms with Crippen LogP contribution < -0.4 is 10.2 Å². The summed E-state index contributed by atoms with van der Waals surface area (Å²) in [6.07, 6.45) is 5.18. The van der Waals surface area contributed by atoms with Crippen LogP contribution in [0.4, 0.5) is 10.5 Å². The summed E-state index contributed by atoms with van der Waals surface area (Å²) in [4.78, 5) is 16.7. The Hall–Kier alpha value is -1.96. The van der Waals surface area contributed by atoms with Crippen molar-refractivity contribution < 1.29 is 9.90 Å². The van der Waals surface area contributed by atoms with E-state index < -0.39 is 6.09 Å². The Morgan fingerprint density at radius 3 is 3.10 bits per heavy atom. The van der Waals surface area contributed by atoms with Gasteiger partial charge in [0.05, 0.1) is 5.69 Å². The number of hydrogen-bond donors (Lipinski definition) is 2. The van der Waals surface area contributed by atoms with Crippen LogP contribution in [0, 0.1) is 0 Å². The highest BCUT2D eigenvalue weighted by atomic mass is 32.2. The van der Waals surface area contributed by atoms with Crippen molar-refractivity contribution in [2.45, 2.75) is 11.4 Å². The van der Waals surface area contributed by atoms with E-state index in [0.717, 1.165) is 29.2 Å². The first-order chi connectivity index (χ1) is 9.63. The lowest BCUT2D eigenvalue weighted by atomic mass is 10.3. The van der Waals surface area contributed by atoms with Crippen molar-refractivity contribution in [3.8, 4) is 0 Å². The summed E-state index contributed by atoms with van der Waals surface area (Å²) in [5, 5.41) is 16.0. The minimum Gasteiger partial charge on any atom is -0.465 e. The van der Waals surface area contributed by atoms with Crippen LogP contribution in [0.25, 0.3) is 5.52 Å². The van der Waals surface area contributed by atoms with Crippen LogP contribution in [0.5, 0.6) is 0 Å². The van der Waals surface area contributed by atoms with Gasteiger partial charge in [0.1, 0.15) is 16.9 Å². The van der Waals surface area contributed by atoms with Crippen LogP contribution in [0.15, 0.2) is 23.6 Å². The maximum atomic E-state index is 10.4. The fourth-order valence-corrected chi connectivity index (χ4v) is 2.54. The summed E-state index contributed by atoms with van der Waals surface area (Å²) in [7, 11) is 1.98. The molecule has 0 saturated carbocycles. The smallest absolute Gasteiger partial charge is 0.404 e. The number of carbonyl (C=O) groups is 1. The van der Waals surface area contributed by atoms with Gasteiger partial charge in [-0.25, -0.2) is 14.3 Å². The van der Waals surface area contributed by atoms with Crippen molar-refractivity contribution in [2.75, 3.05) is 31.3 Å². The van der Waals surface area contributed by atoms with Gasteiger partial charge in [0, 0.05) is 26.3 Å². The lowest BCUT2D eigenvalue weighted by Crippen LogP contribution is -2.26. The number of nitrogens with one attached hydrogen (secondary N) is 1. The molecule has 0 bridgehead atoms. The SMILES string of the molecule is CSc1ncnn2ccc(N(C)CCCNC(=O)O)c12. The zero-order valence-corrected chi connectivity index (χ0v) is 12.2. The number of thioether (sulfide) groups is 1. The molecule has 0 aromatic carbocycles. The van der Waals surface area contributed by atoms with E-state index in [-0.39, 0.29) is 0 Å². The Kier molecular flexibility index (Phi) is 4.67. The second-order valence-corrected chi connectivity index (χ2v) is 5.07. The molecule has 2 rings (SSSR count). The lowest BCUT2D eigenvalue weighted by Gasteiger charge is -2.18. The topological polar surface area (TPSA) is 82.8 Å². The quantitative estimate of drug-likeness (QED) is 0.621. The number of nitrogens with zero attached hydrogens (tertiary/aromatic N) is 4. The monoisotopic (exact) mass is 295 g/mol. The number of carboxylic acid groups (broad SMARTS) is 1. The van der Waals surface area contributed by atoms with Gasteiger partial charge in [-0.15, -0.1) is 11.8 Å². The number of rotatable bonds is 6. The van der Waals surface area contributed by atoms with Crippen LogP contribution in [0.2, 0.25) is 0 Å². The number of hydrogen-bond acceptors (Lipinski definition) is 5. The molecule has 8 heteroatoms. The van der Waals surface area contributed by atoms with E-state index in [0.29, 0.717) is 6.54 Å². The first-order valence-electron chi connectivity index (χ1n) is 6.17. The summed E-state index contributed by atoms with van der Waals surface area (Å²) in [6, 6.07) is 1.99. The molecule has 2 aromatic heterocycles. The summed E-state index contributed by atoms with van der Waals surface area (Å²) in [5.41, 5.74) is 2.03. The molecule has 0 unspecified atom stereocenters. The number of fused-ring (bicyclic) bond motifs is 1. The first kappa shape index (κ1) is 14.4. The lowest BCUT2D eigenvalue weighted by molar-refractivity contribution is 0.194. The van der Waals surface area contributed by atoms with Crippen LogP contribution in [0.3, 0.4) is 0 Å². The van der Waals surface area contributed by atoms with E-state index >= 15 is 0 Å². The number of aromatic nitrogens is 3. The normalized spacial score (nSPS) is 10.7. The highest BCUT2D eigenvalue weighted by molar-refractivity contribution is 7.98. The first-order valence-corrected chi connectivity index (χ1v) is 7.40. The molecule has 0 aliphatic heterocycles. The van der Waals surface area contributed by atoms with Gasteiger partial charge in [0.15, 0.2) is 0 Å². The van der Waals surface area contributed by atoms with E-state index in [1.807, 2.05) is 25.6 Å². The molecule has 0 aliphatic rings. The minimum atomic E-state index is -0.986. The van der Waals surface area contributed by atoms with Crippen LogP contribution >= 0.6 is 11.8 Å². The second kappa shape index (κ2) is 6.47. The molecule has 0 fully saturated rings. The second-order valence-electron chi connectivity index (χ2n) is 4.27. The van der Waals surface area contributed by atoms with E-state index in [4.69, 9.17) is 5.11 Å². The highest BCUT2D eigenvalue weighted by Crippen LogP contribution is 2.28.